The molecule has 1 aliphatic heterocycles. The molecule has 10 nitrogen and oxygen atoms in total. The molecule has 0 saturated carbocycles. The molecule has 41 heavy (non-hydrogen) atoms. The van der Waals surface area contributed by atoms with E-state index in [0.29, 0.717) is 48.0 Å². The molecule has 0 aliphatic carbocycles. The van der Waals surface area contributed by atoms with E-state index < -0.39 is 11.6 Å². The third kappa shape index (κ3) is 7.43. The number of benzene rings is 3. The number of aliphatic imine (C=N–C) groups is 1. The maximum absolute atomic E-state index is 14.2. The molecule has 3 aromatic rings. The lowest BCUT2D eigenvalue weighted by Crippen LogP contribution is -2.50. The summed E-state index contributed by atoms with van der Waals surface area (Å²) in [4.78, 5) is 24.3. The van der Waals surface area contributed by atoms with Crippen LogP contribution < -0.4 is 10.1 Å². The number of aliphatic hydroxyl groups is 1. The summed E-state index contributed by atoms with van der Waals surface area (Å²) in [6.07, 6.45) is 0.730. The Kier molecular flexibility index (Phi) is 10.3. The topological polar surface area (TPSA) is 132 Å². The minimum Gasteiger partial charge on any atom is -0.494 e. The van der Waals surface area contributed by atoms with Gasteiger partial charge in [0.1, 0.15) is 5.75 Å². The van der Waals surface area contributed by atoms with Gasteiger partial charge in [0.05, 0.1) is 6.61 Å². The fourth-order valence-electron chi connectivity index (χ4n) is 4.77. The van der Waals surface area contributed by atoms with Gasteiger partial charge < -0.3 is 24.8 Å². The fourth-order valence-corrected chi connectivity index (χ4v) is 4.77. The first-order valence-corrected chi connectivity index (χ1v) is 13.7. The Morgan fingerprint density at radius 1 is 1.10 bits per heavy atom. The zero-order chi connectivity index (χ0) is 29.1. The van der Waals surface area contributed by atoms with Crippen LogP contribution in [0.3, 0.4) is 0 Å². The highest BCUT2D eigenvalue weighted by atomic mass is 16.5. The second kappa shape index (κ2) is 14.3. The molecule has 10 heteroatoms. The van der Waals surface area contributed by atoms with Gasteiger partial charge in [0.15, 0.2) is 11.6 Å². The molecule has 2 atom stereocenters. The van der Waals surface area contributed by atoms with Crippen molar-refractivity contribution in [3.05, 3.63) is 106 Å². The number of hydrogen-bond acceptors (Lipinski definition) is 7. The van der Waals surface area contributed by atoms with Gasteiger partial charge in [0, 0.05) is 47.7 Å². The van der Waals surface area contributed by atoms with Gasteiger partial charge in [-0.25, -0.2) is 4.99 Å². The number of azide groups is 1. The van der Waals surface area contributed by atoms with E-state index in [1.165, 1.54) is 0 Å². The Morgan fingerprint density at radius 2 is 1.83 bits per heavy atom. The Hall–Kier alpha value is -4.37. The van der Waals surface area contributed by atoms with Gasteiger partial charge in [-0.15, -0.1) is 0 Å². The second-order valence-corrected chi connectivity index (χ2v) is 10.1. The number of hydrogen-bond donors (Lipinski definition) is 2. The molecule has 0 saturated heterocycles. The molecular weight excluding hydrogens is 520 g/mol. The molecule has 0 unspecified atom stereocenters. The molecule has 214 valence electrons. The van der Waals surface area contributed by atoms with Crippen LogP contribution in [-0.4, -0.2) is 67.7 Å². The van der Waals surface area contributed by atoms with E-state index in [9.17, 15) is 10.3 Å². The predicted octanol–water partition coefficient (Wildman–Crippen LogP) is 4.96. The van der Waals surface area contributed by atoms with E-state index in [-0.39, 0.29) is 18.9 Å². The zero-order valence-corrected chi connectivity index (χ0v) is 23.4. The normalized spacial score (nSPS) is 17.9. The average molecular weight is 557 g/mol. The number of carbonyl (C=O) groups excluding carboxylic acids is 1. The summed E-state index contributed by atoms with van der Waals surface area (Å²) in [7, 11) is 3.98. The summed E-state index contributed by atoms with van der Waals surface area (Å²) >= 11 is 0. The average Bonchev–Trinajstić information content (AvgIpc) is 3.36. The highest BCUT2D eigenvalue weighted by molar-refractivity contribution is 6.01. The Balaban J connectivity index is 1.77. The number of ether oxygens (including phenoxy) is 2. The van der Waals surface area contributed by atoms with Crippen molar-refractivity contribution in [2.75, 3.05) is 40.4 Å². The van der Waals surface area contributed by atoms with Crippen LogP contribution >= 0.6 is 0 Å². The van der Waals surface area contributed by atoms with Gasteiger partial charge in [0.25, 0.3) is 5.91 Å². The Labute approximate surface area is 240 Å². The van der Waals surface area contributed by atoms with Crippen molar-refractivity contribution in [2.45, 2.75) is 30.9 Å². The van der Waals surface area contributed by atoms with Crippen molar-refractivity contribution in [3.8, 4) is 5.75 Å². The van der Waals surface area contributed by atoms with Crippen LogP contribution in [0.4, 0.5) is 5.69 Å². The standard InChI is InChI=1S/C31H36N6O4/c1-37(2)19-8-18-33-30(39)31(22-23-10-4-3-5-11-23)28(26-12-6-7-13-27(26)35-36-32)41-29(34-31)24-14-16-25(17-15-24)40-21-9-20-38/h3-7,10-17,28,38H,8-9,18-22H2,1-2H3,(H,33,39)/t28-,31-/m1/s1. The third-order valence-electron chi connectivity index (χ3n) is 6.79. The quantitative estimate of drug-likeness (QED) is 0.125. The van der Waals surface area contributed by atoms with E-state index >= 15 is 0 Å². The summed E-state index contributed by atoms with van der Waals surface area (Å²) in [6.45, 7) is 1.76. The first-order chi connectivity index (χ1) is 20.0. The van der Waals surface area contributed by atoms with Crippen LogP contribution in [0.25, 0.3) is 10.4 Å². The van der Waals surface area contributed by atoms with Crippen molar-refractivity contribution < 1.29 is 19.4 Å². The number of carbonyl (C=O) groups is 1. The van der Waals surface area contributed by atoms with E-state index in [1.54, 1.807) is 24.3 Å². The van der Waals surface area contributed by atoms with Crippen LogP contribution in [-0.2, 0) is 16.0 Å². The Morgan fingerprint density at radius 3 is 2.54 bits per heavy atom. The number of nitrogens with zero attached hydrogens (tertiary/aromatic N) is 5. The largest absolute Gasteiger partial charge is 0.494 e. The third-order valence-corrected chi connectivity index (χ3v) is 6.79. The smallest absolute Gasteiger partial charge is 0.252 e. The lowest BCUT2D eigenvalue weighted by molar-refractivity contribution is -0.128. The van der Waals surface area contributed by atoms with Crippen molar-refractivity contribution in [1.29, 1.82) is 0 Å². The molecule has 3 aromatic carbocycles. The lowest BCUT2D eigenvalue weighted by Gasteiger charge is -2.31. The van der Waals surface area contributed by atoms with Crippen molar-refractivity contribution in [2.24, 2.45) is 10.1 Å². The molecule has 0 fully saturated rings. The molecule has 0 aromatic heterocycles. The molecule has 0 bridgehead atoms. The summed E-state index contributed by atoms with van der Waals surface area (Å²) in [5, 5.41) is 16.0. The molecule has 1 aliphatic rings. The van der Waals surface area contributed by atoms with Crippen molar-refractivity contribution in [3.63, 3.8) is 0 Å². The van der Waals surface area contributed by atoms with Crippen molar-refractivity contribution >= 4 is 17.5 Å². The van der Waals surface area contributed by atoms with Crippen LogP contribution in [0.1, 0.15) is 35.6 Å². The summed E-state index contributed by atoms with van der Waals surface area (Å²) < 4.78 is 12.2. The number of nitrogens with one attached hydrogen (secondary N) is 1. The van der Waals surface area contributed by atoms with E-state index in [2.05, 4.69) is 20.2 Å². The molecule has 0 spiro atoms. The Bertz CT molecular complexity index is 1370. The zero-order valence-electron chi connectivity index (χ0n) is 23.4. The van der Waals surface area contributed by atoms with Gasteiger partial charge in [0.2, 0.25) is 5.90 Å². The van der Waals surface area contributed by atoms with Crippen molar-refractivity contribution in [1.82, 2.24) is 10.2 Å². The fraction of sp³-hybridized carbons (Fsp3) is 0.355. The maximum Gasteiger partial charge on any atom is 0.252 e. The SMILES string of the molecule is CN(C)CCCNC(=O)[C@]1(Cc2ccccc2)N=C(c2ccc(OCCCO)cc2)O[C@@H]1c1ccccc1N=[N+]=[N-]. The summed E-state index contributed by atoms with van der Waals surface area (Å²) in [5.41, 5.74) is 10.4. The van der Waals surface area contributed by atoms with Crippen LogP contribution in [0.2, 0.25) is 0 Å². The van der Waals surface area contributed by atoms with Crippen LogP contribution in [0, 0.1) is 0 Å². The highest BCUT2D eigenvalue weighted by Crippen LogP contribution is 2.45. The van der Waals surface area contributed by atoms with Gasteiger partial charge in [-0.2, -0.15) is 0 Å². The first-order valence-electron chi connectivity index (χ1n) is 13.7. The minimum atomic E-state index is -1.37. The monoisotopic (exact) mass is 556 g/mol. The molecule has 0 radical (unpaired) electrons. The van der Waals surface area contributed by atoms with Gasteiger partial charge in [-0.3, -0.25) is 4.79 Å². The molecule has 1 heterocycles. The van der Waals surface area contributed by atoms with Gasteiger partial charge >= 0.3 is 0 Å². The predicted molar refractivity (Wildman–Crippen MR) is 158 cm³/mol. The van der Waals surface area contributed by atoms with E-state index in [4.69, 9.17) is 19.6 Å². The van der Waals surface area contributed by atoms with Gasteiger partial charge in [-0.05, 0) is 62.4 Å². The van der Waals surface area contributed by atoms with E-state index in [0.717, 1.165) is 18.5 Å². The molecule has 2 N–H and O–H groups in total. The molecule has 1 amide bonds. The minimum absolute atomic E-state index is 0.0577. The maximum atomic E-state index is 14.2. The van der Waals surface area contributed by atoms with E-state index in [1.807, 2.05) is 68.7 Å². The first kappa shape index (κ1) is 29.6. The lowest BCUT2D eigenvalue weighted by atomic mass is 9.81. The highest BCUT2D eigenvalue weighted by Gasteiger charge is 2.53. The number of amides is 1. The summed E-state index contributed by atoms with van der Waals surface area (Å²) in [5.74, 6) is 0.701. The van der Waals surface area contributed by atoms with Crippen LogP contribution in [0.15, 0.2) is 89.0 Å². The second-order valence-electron chi connectivity index (χ2n) is 10.1. The number of aliphatic hydroxyl groups excluding tert-OH is 1. The van der Waals surface area contributed by atoms with Gasteiger partial charge in [-0.1, -0.05) is 59.7 Å². The van der Waals surface area contributed by atoms with Crippen LogP contribution in [0.5, 0.6) is 5.75 Å². The molecule has 4 rings (SSSR count). The summed E-state index contributed by atoms with van der Waals surface area (Å²) in [6, 6.07) is 24.1. The molecular formula is C31H36N6O4. The number of rotatable bonds is 14.